The minimum Gasteiger partial charge on any atom is -0.295 e. The Balaban J connectivity index is 2.02. The smallest absolute Gasteiger partial charge is 0.159 e. The second-order valence-corrected chi connectivity index (χ2v) is 8.40. The van der Waals surface area contributed by atoms with Crippen molar-refractivity contribution in [3.05, 3.63) is 105 Å². The maximum atomic E-state index is 11.9. The molecule has 0 heterocycles. The summed E-state index contributed by atoms with van der Waals surface area (Å²) in [5.74, 6) is 0.117. The molecule has 3 aromatic rings. The monoisotopic (exact) mass is 400 g/mol. The first-order valence-electron chi connectivity index (χ1n) is 10.1. The molecule has 1 aliphatic rings. The van der Waals surface area contributed by atoms with Crippen LogP contribution < -0.4 is 0 Å². The van der Waals surface area contributed by atoms with Crippen molar-refractivity contribution in [2.75, 3.05) is 0 Å². The van der Waals surface area contributed by atoms with Gasteiger partial charge >= 0.3 is 0 Å². The van der Waals surface area contributed by atoms with E-state index in [1.807, 2.05) is 18.2 Å². The Bertz CT molecular complexity index is 1120. The zero-order chi connectivity index (χ0) is 20.5. The molecule has 0 unspecified atom stereocenters. The van der Waals surface area contributed by atoms with Gasteiger partial charge in [0.05, 0.1) is 0 Å². The molecule has 0 amide bonds. The Hall–Kier alpha value is -2.64. The van der Waals surface area contributed by atoms with Crippen LogP contribution in [-0.2, 0) is 6.42 Å². The molecule has 4 rings (SSSR count). The molecule has 0 spiro atoms. The lowest BCUT2D eigenvalue weighted by Gasteiger charge is -2.18. The number of Topliss-reactive ketones (excluding diaryl/α,β-unsaturated/α-hetero) is 1. The molecule has 0 aromatic heterocycles. The van der Waals surface area contributed by atoms with Crippen LogP contribution in [-0.4, -0.2) is 5.78 Å². The quantitative estimate of drug-likeness (QED) is 0.417. The summed E-state index contributed by atoms with van der Waals surface area (Å²) in [4.78, 5) is 11.9. The number of fused-ring (bicyclic) bond motifs is 1. The number of ketones is 1. The van der Waals surface area contributed by atoms with Gasteiger partial charge in [0, 0.05) is 10.6 Å². The van der Waals surface area contributed by atoms with E-state index >= 15 is 0 Å². The van der Waals surface area contributed by atoms with Crippen LogP contribution in [0.2, 0.25) is 5.02 Å². The first-order valence-corrected chi connectivity index (χ1v) is 10.5. The highest BCUT2D eigenvalue weighted by atomic mass is 35.5. The number of carbonyl (C=O) groups is 1. The van der Waals surface area contributed by atoms with E-state index in [0.29, 0.717) is 0 Å². The molecule has 0 N–H and O–H groups in total. The molecule has 0 atom stereocenters. The standard InChI is InChI=1S/C27H25ClO/c1-17-7-9-20(10-8-17)27-25-13-11-21(19(3)29)16-22(25)5-4-6-26(27)24-14-12-23(28)15-18(24)2/h7-16H,4-6H2,1-3H3. The van der Waals surface area contributed by atoms with Gasteiger partial charge in [0.15, 0.2) is 5.78 Å². The minimum absolute atomic E-state index is 0.117. The fraction of sp³-hybridized carbons (Fsp3) is 0.222. The summed E-state index contributed by atoms with van der Waals surface area (Å²) in [6, 6.07) is 21.1. The van der Waals surface area contributed by atoms with Crippen LogP contribution in [0, 0.1) is 13.8 Å². The van der Waals surface area contributed by atoms with E-state index in [1.54, 1.807) is 6.92 Å². The highest BCUT2D eigenvalue weighted by Gasteiger charge is 2.21. The topological polar surface area (TPSA) is 17.1 Å². The van der Waals surface area contributed by atoms with E-state index in [2.05, 4.69) is 56.3 Å². The minimum atomic E-state index is 0.117. The molecule has 29 heavy (non-hydrogen) atoms. The van der Waals surface area contributed by atoms with Crippen molar-refractivity contribution in [3.63, 3.8) is 0 Å². The van der Waals surface area contributed by atoms with Crippen molar-refractivity contribution < 1.29 is 4.79 Å². The lowest BCUT2D eigenvalue weighted by Crippen LogP contribution is -2.00. The zero-order valence-electron chi connectivity index (χ0n) is 17.2. The average Bonchev–Trinajstić information content (AvgIpc) is 2.87. The molecule has 0 fully saturated rings. The van der Waals surface area contributed by atoms with Gasteiger partial charge in [-0.2, -0.15) is 0 Å². The van der Waals surface area contributed by atoms with Crippen molar-refractivity contribution in [1.29, 1.82) is 0 Å². The third-order valence-corrected chi connectivity index (χ3v) is 6.04. The summed E-state index contributed by atoms with van der Waals surface area (Å²) in [5, 5.41) is 0.767. The van der Waals surface area contributed by atoms with Crippen molar-refractivity contribution in [1.82, 2.24) is 0 Å². The molecular formula is C27H25ClO. The first-order chi connectivity index (χ1) is 13.9. The second-order valence-electron chi connectivity index (χ2n) is 7.96. The van der Waals surface area contributed by atoms with Gasteiger partial charge < -0.3 is 0 Å². The van der Waals surface area contributed by atoms with Crippen LogP contribution in [0.3, 0.4) is 0 Å². The van der Waals surface area contributed by atoms with E-state index in [0.717, 1.165) is 29.8 Å². The van der Waals surface area contributed by atoms with Crippen LogP contribution in [0.4, 0.5) is 0 Å². The third-order valence-electron chi connectivity index (χ3n) is 5.81. The summed E-state index contributed by atoms with van der Waals surface area (Å²) in [6.45, 7) is 5.88. The number of rotatable bonds is 3. The van der Waals surface area contributed by atoms with Crippen LogP contribution in [0.15, 0.2) is 60.7 Å². The van der Waals surface area contributed by atoms with Crippen LogP contribution in [0.5, 0.6) is 0 Å². The average molecular weight is 401 g/mol. The number of hydrogen-bond acceptors (Lipinski definition) is 1. The molecule has 0 aliphatic heterocycles. The second kappa shape index (κ2) is 8.00. The molecule has 0 saturated carbocycles. The Morgan fingerprint density at radius 1 is 0.862 bits per heavy atom. The van der Waals surface area contributed by atoms with Crippen molar-refractivity contribution in [3.8, 4) is 0 Å². The summed E-state index contributed by atoms with van der Waals surface area (Å²) < 4.78 is 0. The lowest BCUT2D eigenvalue weighted by molar-refractivity contribution is 0.101. The molecular weight excluding hydrogens is 376 g/mol. The van der Waals surface area contributed by atoms with Crippen LogP contribution >= 0.6 is 11.6 Å². The fourth-order valence-electron chi connectivity index (χ4n) is 4.29. The van der Waals surface area contributed by atoms with Gasteiger partial charge in [0.25, 0.3) is 0 Å². The fourth-order valence-corrected chi connectivity index (χ4v) is 4.52. The SMILES string of the molecule is CC(=O)c1ccc2c(c1)CCCC(c1ccc(Cl)cc1C)=C2c1ccc(C)cc1. The van der Waals surface area contributed by atoms with Gasteiger partial charge in [-0.25, -0.2) is 0 Å². The number of carbonyl (C=O) groups excluding carboxylic acids is 1. The Morgan fingerprint density at radius 2 is 1.59 bits per heavy atom. The Labute approximate surface area is 178 Å². The van der Waals surface area contributed by atoms with Gasteiger partial charge in [-0.3, -0.25) is 4.79 Å². The molecule has 3 aromatic carbocycles. The van der Waals surface area contributed by atoms with E-state index in [4.69, 9.17) is 11.6 Å². The first kappa shape index (κ1) is 19.7. The predicted octanol–water partition coefficient (Wildman–Crippen LogP) is 7.45. The molecule has 2 heteroatoms. The van der Waals surface area contributed by atoms with Crippen molar-refractivity contribution >= 4 is 28.5 Å². The van der Waals surface area contributed by atoms with Gasteiger partial charge in [0.2, 0.25) is 0 Å². The van der Waals surface area contributed by atoms with E-state index in [9.17, 15) is 4.79 Å². The molecule has 0 radical (unpaired) electrons. The molecule has 146 valence electrons. The number of halogens is 1. The number of allylic oxidation sites excluding steroid dienone is 1. The van der Waals surface area contributed by atoms with E-state index < -0.39 is 0 Å². The van der Waals surface area contributed by atoms with Crippen molar-refractivity contribution in [2.45, 2.75) is 40.0 Å². The van der Waals surface area contributed by atoms with Gasteiger partial charge in [-0.15, -0.1) is 0 Å². The molecule has 1 nitrogen and oxygen atoms in total. The maximum Gasteiger partial charge on any atom is 0.159 e. The summed E-state index contributed by atoms with van der Waals surface area (Å²) in [6.07, 6.45) is 3.03. The molecule has 0 saturated heterocycles. The van der Waals surface area contributed by atoms with E-state index in [-0.39, 0.29) is 5.78 Å². The highest BCUT2D eigenvalue weighted by Crippen LogP contribution is 2.41. The Kier molecular flexibility index (Phi) is 5.43. The normalized spacial score (nSPS) is 13.8. The zero-order valence-corrected chi connectivity index (χ0v) is 17.9. The number of aryl methyl sites for hydroxylation is 3. The maximum absolute atomic E-state index is 11.9. The van der Waals surface area contributed by atoms with Crippen LogP contribution in [0.25, 0.3) is 11.1 Å². The predicted molar refractivity (Wildman–Crippen MR) is 123 cm³/mol. The summed E-state index contributed by atoms with van der Waals surface area (Å²) >= 11 is 6.24. The third kappa shape index (κ3) is 3.93. The van der Waals surface area contributed by atoms with E-state index in [1.165, 1.54) is 44.5 Å². The Morgan fingerprint density at radius 3 is 2.28 bits per heavy atom. The van der Waals surface area contributed by atoms with Crippen molar-refractivity contribution in [2.24, 2.45) is 0 Å². The summed E-state index contributed by atoms with van der Waals surface area (Å²) in [5.41, 5.74) is 10.8. The number of benzene rings is 3. The largest absolute Gasteiger partial charge is 0.295 e. The van der Waals surface area contributed by atoms with Gasteiger partial charge in [-0.05, 0) is 97.2 Å². The van der Waals surface area contributed by atoms with Gasteiger partial charge in [0.1, 0.15) is 0 Å². The lowest BCUT2D eigenvalue weighted by atomic mass is 9.86. The highest BCUT2D eigenvalue weighted by molar-refractivity contribution is 6.30. The van der Waals surface area contributed by atoms with Gasteiger partial charge in [-0.1, -0.05) is 59.6 Å². The van der Waals surface area contributed by atoms with Crippen LogP contribution in [0.1, 0.15) is 63.5 Å². The molecule has 0 bridgehead atoms. The number of hydrogen-bond donors (Lipinski definition) is 0. The molecule has 1 aliphatic carbocycles. The summed E-state index contributed by atoms with van der Waals surface area (Å²) in [7, 11) is 0.